The molecule has 94 valence electrons. The minimum absolute atomic E-state index is 0.0270. The highest BCUT2D eigenvalue weighted by Crippen LogP contribution is 2.29. The summed E-state index contributed by atoms with van der Waals surface area (Å²) < 4.78 is 53.4. The lowest BCUT2D eigenvalue weighted by Gasteiger charge is -2.10. The van der Waals surface area contributed by atoms with Crippen LogP contribution in [-0.2, 0) is 0 Å². The summed E-state index contributed by atoms with van der Waals surface area (Å²) in [6.45, 7) is 0. The van der Waals surface area contributed by atoms with Gasteiger partial charge in [-0.25, -0.2) is 4.39 Å². The fourth-order valence-corrected chi connectivity index (χ4v) is 1.45. The SMILES string of the molecule is Fc1ccc(OC(F)(F)F)cc1-c1ccncc1. The van der Waals surface area contributed by atoms with E-state index < -0.39 is 17.9 Å². The molecule has 0 fully saturated rings. The van der Waals surface area contributed by atoms with E-state index in [2.05, 4.69) is 9.72 Å². The van der Waals surface area contributed by atoms with Gasteiger partial charge in [-0.15, -0.1) is 13.2 Å². The van der Waals surface area contributed by atoms with Crippen molar-refractivity contribution in [2.75, 3.05) is 0 Å². The molecule has 0 saturated heterocycles. The van der Waals surface area contributed by atoms with Gasteiger partial charge in [0.2, 0.25) is 0 Å². The van der Waals surface area contributed by atoms with Crippen LogP contribution in [-0.4, -0.2) is 11.3 Å². The maximum Gasteiger partial charge on any atom is 0.573 e. The topological polar surface area (TPSA) is 22.1 Å². The van der Waals surface area contributed by atoms with Crippen molar-refractivity contribution < 1.29 is 22.3 Å². The van der Waals surface area contributed by atoms with Gasteiger partial charge in [0.25, 0.3) is 0 Å². The predicted molar refractivity (Wildman–Crippen MR) is 56.3 cm³/mol. The maximum atomic E-state index is 13.5. The number of nitrogens with zero attached hydrogens (tertiary/aromatic N) is 1. The fraction of sp³-hybridized carbons (Fsp3) is 0.0833. The quantitative estimate of drug-likeness (QED) is 0.764. The number of rotatable bonds is 2. The Morgan fingerprint density at radius 2 is 1.67 bits per heavy atom. The van der Waals surface area contributed by atoms with Crippen molar-refractivity contribution >= 4 is 0 Å². The first-order valence-electron chi connectivity index (χ1n) is 4.91. The fourth-order valence-electron chi connectivity index (χ4n) is 1.45. The lowest BCUT2D eigenvalue weighted by molar-refractivity contribution is -0.274. The van der Waals surface area contributed by atoms with Crippen molar-refractivity contribution in [3.63, 3.8) is 0 Å². The maximum absolute atomic E-state index is 13.5. The Kier molecular flexibility index (Phi) is 3.18. The molecular weight excluding hydrogens is 250 g/mol. The van der Waals surface area contributed by atoms with Gasteiger partial charge in [0, 0.05) is 18.0 Å². The highest BCUT2D eigenvalue weighted by atomic mass is 19.4. The molecule has 0 unspecified atom stereocenters. The Bertz CT molecular complexity index is 540. The van der Waals surface area contributed by atoms with Gasteiger partial charge in [-0.05, 0) is 35.9 Å². The van der Waals surface area contributed by atoms with E-state index in [1.54, 1.807) is 0 Å². The summed E-state index contributed by atoms with van der Waals surface area (Å²) in [6.07, 6.45) is -1.95. The summed E-state index contributed by atoms with van der Waals surface area (Å²) in [5.74, 6) is -1.09. The van der Waals surface area contributed by atoms with E-state index in [-0.39, 0.29) is 5.56 Å². The molecule has 0 aliphatic rings. The number of halogens is 4. The van der Waals surface area contributed by atoms with Gasteiger partial charge < -0.3 is 4.74 Å². The Morgan fingerprint density at radius 1 is 1.00 bits per heavy atom. The minimum Gasteiger partial charge on any atom is -0.406 e. The van der Waals surface area contributed by atoms with Crippen LogP contribution in [0.25, 0.3) is 11.1 Å². The van der Waals surface area contributed by atoms with E-state index in [1.807, 2.05) is 0 Å². The van der Waals surface area contributed by atoms with Gasteiger partial charge in [0.1, 0.15) is 11.6 Å². The van der Waals surface area contributed by atoms with Crippen LogP contribution in [0.1, 0.15) is 0 Å². The van der Waals surface area contributed by atoms with Gasteiger partial charge in [-0.3, -0.25) is 4.98 Å². The highest BCUT2D eigenvalue weighted by molar-refractivity contribution is 5.65. The molecule has 2 nitrogen and oxygen atoms in total. The first-order chi connectivity index (χ1) is 8.46. The average Bonchev–Trinajstić information content (AvgIpc) is 2.31. The monoisotopic (exact) mass is 257 g/mol. The van der Waals surface area contributed by atoms with Crippen molar-refractivity contribution in [3.05, 3.63) is 48.5 Å². The summed E-state index contributed by atoms with van der Waals surface area (Å²) in [6, 6.07) is 5.84. The van der Waals surface area contributed by atoms with E-state index in [1.165, 1.54) is 24.5 Å². The zero-order valence-electron chi connectivity index (χ0n) is 8.91. The molecule has 0 atom stereocenters. The third-order valence-corrected chi connectivity index (χ3v) is 2.16. The summed E-state index contributed by atoms with van der Waals surface area (Å²) in [5.41, 5.74) is 0.453. The number of alkyl halides is 3. The summed E-state index contributed by atoms with van der Waals surface area (Å²) in [4.78, 5) is 3.75. The molecule has 1 heterocycles. The predicted octanol–water partition coefficient (Wildman–Crippen LogP) is 3.79. The number of benzene rings is 1. The molecule has 1 aromatic carbocycles. The van der Waals surface area contributed by atoms with Crippen molar-refractivity contribution in [2.24, 2.45) is 0 Å². The van der Waals surface area contributed by atoms with Crippen molar-refractivity contribution in [2.45, 2.75) is 6.36 Å². The Labute approximate surface area is 99.8 Å². The zero-order chi connectivity index (χ0) is 13.2. The van der Waals surface area contributed by atoms with Crippen LogP contribution >= 0.6 is 0 Å². The van der Waals surface area contributed by atoms with Crippen molar-refractivity contribution in [1.82, 2.24) is 4.98 Å². The van der Waals surface area contributed by atoms with Crippen LogP contribution in [0.4, 0.5) is 17.6 Å². The second-order valence-electron chi connectivity index (χ2n) is 3.43. The minimum atomic E-state index is -4.80. The standard InChI is InChI=1S/C12H7F4NO/c13-11-2-1-9(18-12(14,15)16)7-10(11)8-3-5-17-6-4-8/h1-7H. The summed E-state index contributed by atoms with van der Waals surface area (Å²) in [7, 11) is 0. The summed E-state index contributed by atoms with van der Waals surface area (Å²) in [5, 5.41) is 0. The number of hydrogen-bond donors (Lipinski definition) is 0. The molecule has 2 aromatic rings. The van der Waals surface area contributed by atoms with E-state index in [0.717, 1.165) is 18.2 Å². The Morgan fingerprint density at radius 3 is 2.28 bits per heavy atom. The van der Waals surface area contributed by atoms with Crippen molar-refractivity contribution in [3.8, 4) is 16.9 Å². The number of aromatic nitrogens is 1. The molecule has 0 N–H and O–H groups in total. The molecule has 0 bridgehead atoms. The van der Waals surface area contributed by atoms with Gasteiger partial charge in [0.15, 0.2) is 0 Å². The Hall–Kier alpha value is -2.11. The van der Waals surface area contributed by atoms with Gasteiger partial charge in [-0.1, -0.05) is 0 Å². The molecule has 6 heteroatoms. The van der Waals surface area contributed by atoms with Crippen LogP contribution in [0, 0.1) is 5.82 Å². The van der Waals surface area contributed by atoms with E-state index in [0.29, 0.717) is 5.56 Å². The molecule has 0 aliphatic heterocycles. The normalized spacial score (nSPS) is 11.3. The molecule has 18 heavy (non-hydrogen) atoms. The first-order valence-corrected chi connectivity index (χ1v) is 4.91. The molecule has 0 amide bonds. The molecular formula is C12H7F4NO. The third-order valence-electron chi connectivity index (χ3n) is 2.16. The van der Waals surface area contributed by atoms with Crippen LogP contribution < -0.4 is 4.74 Å². The highest BCUT2D eigenvalue weighted by Gasteiger charge is 2.31. The lowest BCUT2D eigenvalue weighted by atomic mass is 10.1. The van der Waals surface area contributed by atoms with Gasteiger partial charge in [-0.2, -0.15) is 0 Å². The third kappa shape index (κ3) is 2.97. The Balaban J connectivity index is 2.39. The van der Waals surface area contributed by atoms with Gasteiger partial charge in [0.05, 0.1) is 0 Å². The molecule has 0 saturated carbocycles. The van der Waals surface area contributed by atoms with Gasteiger partial charge >= 0.3 is 6.36 Å². The second-order valence-corrected chi connectivity index (χ2v) is 3.43. The smallest absolute Gasteiger partial charge is 0.406 e. The lowest BCUT2D eigenvalue weighted by Crippen LogP contribution is -2.17. The first kappa shape index (κ1) is 12.3. The van der Waals surface area contributed by atoms with E-state index in [4.69, 9.17) is 0 Å². The second kappa shape index (κ2) is 4.64. The largest absolute Gasteiger partial charge is 0.573 e. The van der Waals surface area contributed by atoms with Crippen LogP contribution in [0.3, 0.4) is 0 Å². The average molecular weight is 257 g/mol. The van der Waals surface area contributed by atoms with E-state index in [9.17, 15) is 17.6 Å². The molecule has 2 rings (SSSR count). The summed E-state index contributed by atoms with van der Waals surface area (Å²) >= 11 is 0. The number of pyridine rings is 1. The molecule has 0 radical (unpaired) electrons. The number of hydrogen-bond acceptors (Lipinski definition) is 2. The van der Waals surface area contributed by atoms with Crippen LogP contribution in [0.2, 0.25) is 0 Å². The molecule has 0 aliphatic carbocycles. The molecule has 0 spiro atoms. The van der Waals surface area contributed by atoms with Crippen molar-refractivity contribution in [1.29, 1.82) is 0 Å². The molecule has 1 aromatic heterocycles. The zero-order valence-corrected chi connectivity index (χ0v) is 8.91. The number of ether oxygens (including phenoxy) is 1. The van der Waals surface area contributed by atoms with E-state index >= 15 is 0 Å². The van der Waals surface area contributed by atoms with Crippen LogP contribution in [0.5, 0.6) is 5.75 Å². The van der Waals surface area contributed by atoms with Crippen LogP contribution in [0.15, 0.2) is 42.7 Å².